The number of ether oxygens (including phenoxy) is 1. The van der Waals surface area contributed by atoms with Gasteiger partial charge < -0.3 is 9.64 Å². The maximum absolute atomic E-state index is 12.2. The quantitative estimate of drug-likeness (QED) is 0.731. The highest BCUT2D eigenvalue weighted by molar-refractivity contribution is 9.09. The molecule has 1 heterocycles. The van der Waals surface area contributed by atoms with Gasteiger partial charge in [-0.25, -0.2) is 0 Å². The SMILES string of the molecule is CN(C(=O)C1CCCO1)C1CCCCC1Br. The summed E-state index contributed by atoms with van der Waals surface area (Å²) in [5.41, 5.74) is 0. The Hall–Kier alpha value is -0.0900. The van der Waals surface area contributed by atoms with Gasteiger partial charge in [-0.05, 0) is 25.7 Å². The molecule has 0 radical (unpaired) electrons. The van der Waals surface area contributed by atoms with Crippen molar-refractivity contribution in [3.05, 3.63) is 0 Å². The molecule has 16 heavy (non-hydrogen) atoms. The van der Waals surface area contributed by atoms with Crippen LogP contribution in [0.15, 0.2) is 0 Å². The van der Waals surface area contributed by atoms with Crippen molar-refractivity contribution in [3.8, 4) is 0 Å². The average molecular weight is 290 g/mol. The van der Waals surface area contributed by atoms with E-state index in [9.17, 15) is 4.79 Å². The summed E-state index contributed by atoms with van der Waals surface area (Å²) in [6.07, 6.45) is 6.53. The molecule has 1 aliphatic heterocycles. The summed E-state index contributed by atoms with van der Waals surface area (Å²) in [6.45, 7) is 0.743. The largest absolute Gasteiger partial charge is 0.368 e. The second-order valence-electron chi connectivity index (χ2n) is 4.82. The van der Waals surface area contributed by atoms with Gasteiger partial charge in [0.25, 0.3) is 5.91 Å². The third kappa shape index (κ3) is 2.59. The highest BCUT2D eigenvalue weighted by atomic mass is 79.9. The molecule has 3 atom stereocenters. The summed E-state index contributed by atoms with van der Waals surface area (Å²) in [7, 11) is 1.92. The minimum absolute atomic E-state index is 0.174. The van der Waals surface area contributed by atoms with E-state index < -0.39 is 0 Å². The first-order valence-corrected chi connectivity index (χ1v) is 7.14. The van der Waals surface area contributed by atoms with Gasteiger partial charge in [0.05, 0.1) is 0 Å². The van der Waals surface area contributed by atoms with Gasteiger partial charge in [0.15, 0.2) is 0 Å². The van der Waals surface area contributed by atoms with Crippen LogP contribution in [-0.4, -0.2) is 41.4 Å². The Morgan fingerprint density at radius 1 is 1.25 bits per heavy atom. The number of alkyl halides is 1. The van der Waals surface area contributed by atoms with Gasteiger partial charge >= 0.3 is 0 Å². The van der Waals surface area contributed by atoms with Crippen LogP contribution in [-0.2, 0) is 9.53 Å². The number of likely N-dealkylation sites (N-methyl/N-ethyl adjacent to an activating group) is 1. The summed E-state index contributed by atoms with van der Waals surface area (Å²) in [6, 6.07) is 0.352. The molecule has 92 valence electrons. The molecule has 1 amide bonds. The number of nitrogens with zero attached hydrogens (tertiary/aromatic N) is 1. The van der Waals surface area contributed by atoms with E-state index in [1.165, 1.54) is 19.3 Å². The van der Waals surface area contributed by atoms with Crippen LogP contribution in [0, 0.1) is 0 Å². The van der Waals surface area contributed by atoms with Crippen LogP contribution in [0.3, 0.4) is 0 Å². The van der Waals surface area contributed by atoms with E-state index in [4.69, 9.17) is 4.74 Å². The number of hydrogen-bond acceptors (Lipinski definition) is 2. The van der Waals surface area contributed by atoms with Gasteiger partial charge in [0.2, 0.25) is 0 Å². The van der Waals surface area contributed by atoms with Gasteiger partial charge in [-0.15, -0.1) is 0 Å². The zero-order chi connectivity index (χ0) is 11.5. The van der Waals surface area contributed by atoms with Crippen molar-refractivity contribution in [1.82, 2.24) is 4.90 Å². The molecule has 0 aromatic heterocycles. The topological polar surface area (TPSA) is 29.5 Å². The zero-order valence-corrected chi connectivity index (χ0v) is 11.4. The molecule has 4 heteroatoms. The Morgan fingerprint density at radius 3 is 2.62 bits per heavy atom. The third-order valence-electron chi connectivity index (χ3n) is 3.70. The second-order valence-corrected chi connectivity index (χ2v) is 5.99. The maximum atomic E-state index is 12.2. The van der Waals surface area contributed by atoms with Crippen molar-refractivity contribution in [2.75, 3.05) is 13.7 Å². The lowest BCUT2D eigenvalue weighted by atomic mass is 9.94. The van der Waals surface area contributed by atoms with E-state index in [1.807, 2.05) is 11.9 Å². The van der Waals surface area contributed by atoms with E-state index in [-0.39, 0.29) is 12.0 Å². The first-order chi connectivity index (χ1) is 7.70. The number of halogens is 1. The Balaban J connectivity index is 1.94. The number of carbonyl (C=O) groups excluding carboxylic acids is 1. The molecule has 1 aliphatic carbocycles. The van der Waals surface area contributed by atoms with E-state index >= 15 is 0 Å². The fourth-order valence-electron chi connectivity index (χ4n) is 2.67. The van der Waals surface area contributed by atoms with Crippen molar-refractivity contribution >= 4 is 21.8 Å². The monoisotopic (exact) mass is 289 g/mol. The van der Waals surface area contributed by atoms with Crippen LogP contribution in [0.2, 0.25) is 0 Å². The maximum Gasteiger partial charge on any atom is 0.251 e. The van der Waals surface area contributed by atoms with E-state index in [2.05, 4.69) is 15.9 Å². The molecule has 3 nitrogen and oxygen atoms in total. The first-order valence-electron chi connectivity index (χ1n) is 6.22. The highest BCUT2D eigenvalue weighted by Crippen LogP contribution is 2.29. The molecule has 0 aromatic rings. The molecule has 0 N–H and O–H groups in total. The minimum Gasteiger partial charge on any atom is -0.368 e. The van der Waals surface area contributed by atoms with Crippen LogP contribution in [0.5, 0.6) is 0 Å². The van der Waals surface area contributed by atoms with Crippen molar-refractivity contribution < 1.29 is 9.53 Å². The molecule has 1 saturated carbocycles. The number of rotatable bonds is 2. The molecule has 2 rings (SSSR count). The van der Waals surface area contributed by atoms with Crippen molar-refractivity contribution in [2.24, 2.45) is 0 Å². The summed E-state index contributed by atoms with van der Waals surface area (Å²) in [4.78, 5) is 14.5. The second kappa shape index (κ2) is 5.50. The third-order valence-corrected chi connectivity index (χ3v) is 4.77. The zero-order valence-electron chi connectivity index (χ0n) is 9.82. The smallest absolute Gasteiger partial charge is 0.251 e. The molecule has 2 fully saturated rings. The first kappa shape index (κ1) is 12.4. The van der Waals surface area contributed by atoms with E-state index in [0.717, 1.165) is 25.9 Å². The lowest BCUT2D eigenvalue weighted by Crippen LogP contribution is -2.47. The highest BCUT2D eigenvalue weighted by Gasteiger charge is 2.33. The van der Waals surface area contributed by atoms with Crippen LogP contribution in [0.25, 0.3) is 0 Å². The fourth-order valence-corrected chi connectivity index (χ4v) is 3.61. The van der Waals surface area contributed by atoms with Crippen molar-refractivity contribution in [3.63, 3.8) is 0 Å². The van der Waals surface area contributed by atoms with Crippen LogP contribution in [0.4, 0.5) is 0 Å². The lowest BCUT2D eigenvalue weighted by Gasteiger charge is -2.36. The molecule has 0 aromatic carbocycles. The summed E-state index contributed by atoms with van der Waals surface area (Å²) < 4.78 is 5.46. The van der Waals surface area contributed by atoms with Crippen molar-refractivity contribution in [1.29, 1.82) is 0 Å². The normalized spacial score (nSPS) is 35.0. The van der Waals surface area contributed by atoms with Gasteiger partial charge in [-0.3, -0.25) is 4.79 Å². The summed E-state index contributed by atoms with van der Waals surface area (Å²) in [5, 5.41) is 0. The molecule has 0 spiro atoms. The van der Waals surface area contributed by atoms with Gasteiger partial charge in [-0.1, -0.05) is 28.8 Å². The average Bonchev–Trinajstić information content (AvgIpc) is 2.81. The predicted molar refractivity (Wildman–Crippen MR) is 66.7 cm³/mol. The molecule has 0 bridgehead atoms. The Morgan fingerprint density at radius 2 is 2.00 bits per heavy atom. The number of hydrogen-bond donors (Lipinski definition) is 0. The number of carbonyl (C=O) groups is 1. The Bertz CT molecular complexity index is 253. The summed E-state index contributed by atoms with van der Waals surface area (Å²) in [5.74, 6) is 0.175. The predicted octanol–water partition coefficient (Wildman–Crippen LogP) is 2.33. The Kier molecular flexibility index (Phi) is 4.25. The Labute approximate surface area is 106 Å². The van der Waals surface area contributed by atoms with E-state index in [0.29, 0.717) is 10.9 Å². The summed E-state index contributed by atoms with van der Waals surface area (Å²) >= 11 is 3.70. The minimum atomic E-state index is -0.174. The number of amides is 1. The van der Waals surface area contributed by atoms with E-state index in [1.54, 1.807) is 0 Å². The lowest BCUT2D eigenvalue weighted by molar-refractivity contribution is -0.142. The molecular formula is C12H20BrNO2. The van der Waals surface area contributed by atoms with Gasteiger partial charge in [-0.2, -0.15) is 0 Å². The molecule has 2 aliphatic rings. The van der Waals surface area contributed by atoms with Gasteiger partial charge in [0.1, 0.15) is 6.10 Å². The fraction of sp³-hybridized carbons (Fsp3) is 0.917. The molecule has 3 unspecified atom stereocenters. The molecular weight excluding hydrogens is 270 g/mol. The van der Waals surface area contributed by atoms with Crippen molar-refractivity contribution in [2.45, 2.75) is 55.5 Å². The van der Waals surface area contributed by atoms with Crippen LogP contribution >= 0.6 is 15.9 Å². The van der Waals surface area contributed by atoms with Gasteiger partial charge in [0, 0.05) is 24.5 Å². The van der Waals surface area contributed by atoms with Crippen LogP contribution < -0.4 is 0 Å². The standard InChI is InChI=1S/C12H20BrNO2/c1-14(10-6-3-2-5-9(10)13)12(15)11-7-4-8-16-11/h9-11H,2-8H2,1H3. The molecule has 1 saturated heterocycles. The van der Waals surface area contributed by atoms with Crippen LogP contribution in [0.1, 0.15) is 38.5 Å².